The summed E-state index contributed by atoms with van der Waals surface area (Å²) in [7, 11) is 0. The van der Waals surface area contributed by atoms with E-state index >= 15 is 0 Å². The van der Waals surface area contributed by atoms with Crippen LogP contribution in [-0.4, -0.2) is 24.5 Å². The molecule has 1 aliphatic heterocycles. The maximum Gasteiger partial charge on any atom is 0.0360 e. The van der Waals surface area contributed by atoms with Crippen molar-refractivity contribution in [2.75, 3.05) is 19.6 Å². The van der Waals surface area contributed by atoms with Crippen LogP contribution in [0.1, 0.15) is 36.4 Å². The highest BCUT2D eigenvalue weighted by Crippen LogP contribution is 2.30. The summed E-state index contributed by atoms with van der Waals surface area (Å²) in [6, 6.07) is 7.20. The minimum absolute atomic E-state index is 0.499. The van der Waals surface area contributed by atoms with E-state index in [9.17, 15) is 0 Å². The Balaban J connectivity index is 2.21. The molecule has 1 aromatic carbocycles. The summed E-state index contributed by atoms with van der Waals surface area (Å²) < 4.78 is 1.20. The van der Waals surface area contributed by atoms with E-state index in [0.29, 0.717) is 6.04 Å². The Labute approximate surface area is 112 Å². The number of aryl methyl sites for hydroxylation is 1. The van der Waals surface area contributed by atoms with Gasteiger partial charge >= 0.3 is 0 Å². The Morgan fingerprint density at radius 3 is 2.65 bits per heavy atom. The van der Waals surface area contributed by atoms with Crippen LogP contribution in [0.25, 0.3) is 0 Å². The fourth-order valence-electron chi connectivity index (χ4n) is 2.59. The largest absolute Gasteiger partial charge is 0.330 e. The smallest absolute Gasteiger partial charge is 0.0360 e. The van der Waals surface area contributed by atoms with E-state index in [4.69, 9.17) is 5.73 Å². The lowest BCUT2D eigenvalue weighted by atomic mass is 10.0. The second-order valence-electron chi connectivity index (χ2n) is 4.84. The molecule has 2 nitrogen and oxygen atoms in total. The van der Waals surface area contributed by atoms with Crippen LogP contribution in [0.5, 0.6) is 0 Å². The summed E-state index contributed by atoms with van der Waals surface area (Å²) in [5.74, 6) is 0. The van der Waals surface area contributed by atoms with E-state index < -0.39 is 0 Å². The molecule has 1 aromatic rings. The molecule has 1 unspecified atom stereocenters. The van der Waals surface area contributed by atoms with Crippen LogP contribution in [0.15, 0.2) is 22.7 Å². The van der Waals surface area contributed by atoms with Crippen molar-refractivity contribution in [3.63, 3.8) is 0 Å². The SMILES string of the molecule is Cc1ccc(C(CCN)N2CCCC2)cc1Br. The predicted molar refractivity (Wildman–Crippen MR) is 76.1 cm³/mol. The summed E-state index contributed by atoms with van der Waals surface area (Å²) in [6.07, 6.45) is 3.71. The number of rotatable bonds is 4. The first-order valence-electron chi connectivity index (χ1n) is 6.42. The van der Waals surface area contributed by atoms with Crippen LogP contribution in [-0.2, 0) is 0 Å². The molecule has 0 amide bonds. The van der Waals surface area contributed by atoms with Gasteiger partial charge < -0.3 is 5.73 Å². The van der Waals surface area contributed by atoms with Gasteiger partial charge in [-0.1, -0.05) is 28.1 Å². The van der Waals surface area contributed by atoms with E-state index in [2.05, 4.69) is 46.0 Å². The fourth-order valence-corrected chi connectivity index (χ4v) is 2.98. The third-order valence-electron chi connectivity index (χ3n) is 3.60. The van der Waals surface area contributed by atoms with E-state index in [0.717, 1.165) is 13.0 Å². The summed E-state index contributed by atoms with van der Waals surface area (Å²) in [5.41, 5.74) is 8.46. The van der Waals surface area contributed by atoms with Gasteiger partial charge in [-0.2, -0.15) is 0 Å². The van der Waals surface area contributed by atoms with Crippen molar-refractivity contribution in [2.24, 2.45) is 5.73 Å². The van der Waals surface area contributed by atoms with Crippen molar-refractivity contribution in [1.82, 2.24) is 4.90 Å². The second kappa shape index (κ2) is 5.98. The van der Waals surface area contributed by atoms with E-state index in [1.807, 2.05) is 0 Å². The van der Waals surface area contributed by atoms with Crippen molar-refractivity contribution in [3.8, 4) is 0 Å². The molecule has 0 spiro atoms. The van der Waals surface area contributed by atoms with Crippen molar-refractivity contribution >= 4 is 15.9 Å². The Morgan fingerprint density at radius 2 is 2.06 bits per heavy atom. The molecule has 0 aromatic heterocycles. The third-order valence-corrected chi connectivity index (χ3v) is 4.46. The monoisotopic (exact) mass is 296 g/mol. The van der Waals surface area contributed by atoms with Crippen LogP contribution in [0.3, 0.4) is 0 Å². The Kier molecular flexibility index (Phi) is 4.60. The number of likely N-dealkylation sites (tertiary alicyclic amines) is 1. The highest BCUT2D eigenvalue weighted by atomic mass is 79.9. The maximum absolute atomic E-state index is 5.76. The Hall–Kier alpha value is -0.380. The predicted octanol–water partition coefficient (Wildman–Crippen LogP) is 3.24. The zero-order valence-electron chi connectivity index (χ0n) is 10.5. The molecule has 2 rings (SSSR count). The fraction of sp³-hybridized carbons (Fsp3) is 0.571. The first kappa shape index (κ1) is 13.1. The van der Waals surface area contributed by atoms with Gasteiger partial charge in [0.2, 0.25) is 0 Å². The van der Waals surface area contributed by atoms with Gasteiger partial charge in [0.25, 0.3) is 0 Å². The van der Waals surface area contributed by atoms with E-state index in [-0.39, 0.29) is 0 Å². The maximum atomic E-state index is 5.76. The van der Waals surface area contributed by atoms with Gasteiger partial charge in [-0.15, -0.1) is 0 Å². The van der Waals surface area contributed by atoms with Crippen LogP contribution in [0, 0.1) is 6.92 Å². The van der Waals surface area contributed by atoms with Gasteiger partial charge in [0, 0.05) is 10.5 Å². The standard InChI is InChI=1S/C14H21BrN2/c1-11-4-5-12(10-13(11)15)14(6-7-16)17-8-2-3-9-17/h4-5,10,14H,2-3,6-9,16H2,1H3. The molecule has 0 saturated carbocycles. The minimum Gasteiger partial charge on any atom is -0.330 e. The average Bonchev–Trinajstić information content (AvgIpc) is 2.83. The number of benzene rings is 1. The number of nitrogens with zero attached hydrogens (tertiary/aromatic N) is 1. The summed E-state index contributed by atoms with van der Waals surface area (Å²) in [6.45, 7) is 5.32. The molecule has 17 heavy (non-hydrogen) atoms. The van der Waals surface area contributed by atoms with Crippen molar-refractivity contribution in [2.45, 2.75) is 32.2 Å². The molecule has 1 aliphatic rings. The van der Waals surface area contributed by atoms with Gasteiger partial charge in [0.1, 0.15) is 0 Å². The zero-order chi connectivity index (χ0) is 12.3. The molecule has 2 N–H and O–H groups in total. The van der Waals surface area contributed by atoms with Crippen molar-refractivity contribution in [3.05, 3.63) is 33.8 Å². The first-order valence-corrected chi connectivity index (χ1v) is 7.22. The number of halogens is 1. The van der Waals surface area contributed by atoms with Crippen LogP contribution in [0.4, 0.5) is 0 Å². The Morgan fingerprint density at radius 1 is 1.35 bits per heavy atom. The van der Waals surface area contributed by atoms with Crippen LogP contribution < -0.4 is 5.73 Å². The normalized spacial score (nSPS) is 18.5. The molecular formula is C14H21BrN2. The molecule has 3 heteroatoms. The lowest BCUT2D eigenvalue weighted by Gasteiger charge is -2.28. The molecule has 0 bridgehead atoms. The van der Waals surface area contributed by atoms with Gasteiger partial charge in [0.05, 0.1) is 0 Å². The average molecular weight is 297 g/mol. The van der Waals surface area contributed by atoms with E-state index in [1.165, 1.54) is 41.5 Å². The highest BCUT2D eigenvalue weighted by Gasteiger charge is 2.22. The summed E-state index contributed by atoms with van der Waals surface area (Å²) in [5, 5.41) is 0. The van der Waals surface area contributed by atoms with Crippen LogP contribution in [0.2, 0.25) is 0 Å². The van der Waals surface area contributed by atoms with Crippen molar-refractivity contribution < 1.29 is 0 Å². The molecule has 94 valence electrons. The van der Waals surface area contributed by atoms with Gasteiger partial charge in [0.15, 0.2) is 0 Å². The lowest BCUT2D eigenvalue weighted by Crippen LogP contribution is -2.27. The second-order valence-corrected chi connectivity index (χ2v) is 5.70. The summed E-state index contributed by atoms with van der Waals surface area (Å²) in [4.78, 5) is 2.57. The summed E-state index contributed by atoms with van der Waals surface area (Å²) >= 11 is 3.62. The quantitative estimate of drug-likeness (QED) is 0.924. The lowest BCUT2D eigenvalue weighted by molar-refractivity contribution is 0.236. The molecule has 1 atom stereocenters. The molecule has 0 radical (unpaired) electrons. The first-order chi connectivity index (χ1) is 8.22. The topological polar surface area (TPSA) is 29.3 Å². The molecule has 0 aliphatic carbocycles. The number of hydrogen-bond acceptors (Lipinski definition) is 2. The third kappa shape index (κ3) is 3.09. The number of nitrogens with two attached hydrogens (primary N) is 1. The minimum atomic E-state index is 0.499. The zero-order valence-corrected chi connectivity index (χ0v) is 12.0. The van der Waals surface area contributed by atoms with Gasteiger partial charge in [-0.3, -0.25) is 4.90 Å². The molecular weight excluding hydrogens is 276 g/mol. The molecule has 1 saturated heterocycles. The molecule has 1 heterocycles. The number of hydrogen-bond donors (Lipinski definition) is 1. The van der Waals surface area contributed by atoms with Crippen LogP contribution >= 0.6 is 15.9 Å². The van der Waals surface area contributed by atoms with Crippen molar-refractivity contribution in [1.29, 1.82) is 0 Å². The molecule has 1 fully saturated rings. The van der Waals surface area contributed by atoms with E-state index in [1.54, 1.807) is 0 Å². The van der Waals surface area contributed by atoms with Gasteiger partial charge in [-0.25, -0.2) is 0 Å². The Bertz CT molecular complexity index is 372. The highest BCUT2D eigenvalue weighted by molar-refractivity contribution is 9.10. The van der Waals surface area contributed by atoms with Gasteiger partial charge in [-0.05, 0) is 63.0 Å².